The van der Waals surface area contributed by atoms with Gasteiger partial charge in [0.05, 0.1) is 0 Å². The average molecular weight is 335 g/mol. The quantitative estimate of drug-likeness (QED) is 0.898. The first-order valence-electron chi connectivity index (χ1n) is 8.57. The van der Waals surface area contributed by atoms with Gasteiger partial charge in [0.15, 0.2) is 0 Å². The van der Waals surface area contributed by atoms with Crippen molar-refractivity contribution in [2.45, 2.75) is 39.2 Å². The molecule has 6 heteroatoms. The van der Waals surface area contributed by atoms with E-state index in [0.29, 0.717) is 39.0 Å². The second-order valence-electron chi connectivity index (χ2n) is 6.26. The number of aryl methyl sites for hydroxylation is 1. The van der Waals surface area contributed by atoms with Gasteiger partial charge in [0.2, 0.25) is 5.91 Å². The largest absolute Gasteiger partial charge is 0.339 e. The van der Waals surface area contributed by atoms with Crippen molar-refractivity contribution in [1.82, 2.24) is 15.1 Å². The molecule has 1 saturated heterocycles. The summed E-state index contributed by atoms with van der Waals surface area (Å²) < 4.78 is 13.1. The van der Waals surface area contributed by atoms with Crippen LogP contribution in [-0.4, -0.2) is 54.0 Å². The topological polar surface area (TPSA) is 52.7 Å². The molecule has 1 aliphatic rings. The molecule has 3 amide bonds. The van der Waals surface area contributed by atoms with Crippen LogP contribution in [0.3, 0.4) is 0 Å². The van der Waals surface area contributed by atoms with Crippen LogP contribution in [0.1, 0.15) is 32.3 Å². The van der Waals surface area contributed by atoms with Crippen LogP contribution >= 0.6 is 0 Å². The number of nitrogens with one attached hydrogen (secondary N) is 1. The van der Waals surface area contributed by atoms with Gasteiger partial charge < -0.3 is 15.1 Å². The molecule has 1 N–H and O–H groups in total. The Kier molecular flexibility index (Phi) is 6.58. The van der Waals surface area contributed by atoms with Crippen molar-refractivity contribution in [2.75, 3.05) is 26.2 Å². The van der Waals surface area contributed by atoms with E-state index >= 15 is 0 Å². The van der Waals surface area contributed by atoms with Crippen molar-refractivity contribution >= 4 is 11.9 Å². The summed E-state index contributed by atoms with van der Waals surface area (Å²) in [6.07, 6.45) is 1.79. The third kappa shape index (κ3) is 5.22. The lowest BCUT2D eigenvalue weighted by Crippen LogP contribution is -2.54. The summed E-state index contributed by atoms with van der Waals surface area (Å²) >= 11 is 0. The minimum atomic E-state index is -0.277. The number of hydrogen-bond donors (Lipinski definition) is 1. The zero-order valence-electron chi connectivity index (χ0n) is 14.4. The highest BCUT2D eigenvalue weighted by Crippen LogP contribution is 2.10. The summed E-state index contributed by atoms with van der Waals surface area (Å²) in [6.45, 7) is 6.21. The summed E-state index contributed by atoms with van der Waals surface area (Å²) in [7, 11) is 0. The van der Waals surface area contributed by atoms with Gasteiger partial charge in [-0.05, 0) is 37.5 Å². The van der Waals surface area contributed by atoms with Crippen LogP contribution in [0.15, 0.2) is 24.3 Å². The Morgan fingerprint density at radius 1 is 1.21 bits per heavy atom. The molecule has 2 rings (SSSR count). The first-order chi connectivity index (χ1) is 11.5. The maximum Gasteiger partial charge on any atom is 0.317 e. The number of hydrogen-bond acceptors (Lipinski definition) is 2. The number of amides is 3. The molecule has 0 aliphatic carbocycles. The highest BCUT2D eigenvalue weighted by molar-refractivity contribution is 5.78. The summed E-state index contributed by atoms with van der Waals surface area (Å²) in [6, 6.07) is 6.44. The monoisotopic (exact) mass is 335 g/mol. The molecular formula is C18H26FN3O2. The Balaban J connectivity index is 1.75. The second-order valence-corrected chi connectivity index (χ2v) is 6.26. The molecule has 24 heavy (non-hydrogen) atoms. The molecule has 0 spiro atoms. The smallest absolute Gasteiger partial charge is 0.317 e. The molecule has 1 heterocycles. The molecule has 132 valence electrons. The lowest BCUT2D eigenvalue weighted by Gasteiger charge is -2.35. The van der Waals surface area contributed by atoms with E-state index in [2.05, 4.69) is 5.32 Å². The van der Waals surface area contributed by atoms with E-state index in [1.54, 1.807) is 15.9 Å². The molecule has 5 nitrogen and oxygen atoms in total. The number of piperazine rings is 1. The highest BCUT2D eigenvalue weighted by Gasteiger charge is 2.24. The van der Waals surface area contributed by atoms with E-state index in [-0.39, 0.29) is 23.8 Å². The molecular weight excluding hydrogens is 309 g/mol. The molecule has 1 unspecified atom stereocenters. The van der Waals surface area contributed by atoms with Crippen LogP contribution in [0.2, 0.25) is 0 Å². The van der Waals surface area contributed by atoms with Crippen LogP contribution in [0.25, 0.3) is 0 Å². The van der Waals surface area contributed by atoms with Crippen molar-refractivity contribution in [2.24, 2.45) is 0 Å². The molecule has 1 aromatic rings. The fourth-order valence-corrected chi connectivity index (χ4v) is 2.66. The van der Waals surface area contributed by atoms with Gasteiger partial charge in [-0.3, -0.25) is 4.79 Å². The van der Waals surface area contributed by atoms with E-state index in [4.69, 9.17) is 0 Å². The minimum Gasteiger partial charge on any atom is -0.339 e. The van der Waals surface area contributed by atoms with Crippen LogP contribution in [-0.2, 0) is 11.2 Å². The third-order valence-corrected chi connectivity index (χ3v) is 4.42. The zero-order valence-corrected chi connectivity index (χ0v) is 14.4. The van der Waals surface area contributed by atoms with Gasteiger partial charge in [-0.2, -0.15) is 0 Å². The lowest BCUT2D eigenvalue weighted by atomic mass is 10.1. The van der Waals surface area contributed by atoms with Crippen molar-refractivity contribution in [3.8, 4) is 0 Å². The molecule has 0 radical (unpaired) electrons. The fraction of sp³-hybridized carbons (Fsp3) is 0.556. The van der Waals surface area contributed by atoms with E-state index in [9.17, 15) is 14.0 Å². The Labute approximate surface area is 142 Å². The second kappa shape index (κ2) is 8.66. The number of benzene rings is 1. The normalized spacial score (nSPS) is 16.0. The zero-order chi connectivity index (χ0) is 17.5. The summed E-state index contributed by atoms with van der Waals surface area (Å²) in [5.41, 5.74) is 0.829. The predicted octanol–water partition coefficient (Wildman–Crippen LogP) is 2.41. The average Bonchev–Trinajstić information content (AvgIpc) is 2.59. The molecule has 1 fully saturated rings. The Hall–Kier alpha value is -2.11. The van der Waals surface area contributed by atoms with Crippen LogP contribution in [0.5, 0.6) is 0 Å². The number of carbonyl (C=O) groups excluding carboxylic acids is 2. The molecule has 0 saturated carbocycles. The lowest BCUT2D eigenvalue weighted by molar-refractivity contribution is -0.132. The van der Waals surface area contributed by atoms with Crippen LogP contribution < -0.4 is 5.32 Å². The van der Waals surface area contributed by atoms with Crippen LogP contribution in [0.4, 0.5) is 9.18 Å². The van der Waals surface area contributed by atoms with Crippen molar-refractivity contribution in [3.63, 3.8) is 0 Å². The highest BCUT2D eigenvalue weighted by atomic mass is 19.1. The predicted molar refractivity (Wildman–Crippen MR) is 91.2 cm³/mol. The third-order valence-electron chi connectivity index (χ3n) is 4.42. The van der Waals surface area contributed by atoms with Gasteiger partial charge in [-0.15, -0.1) is 0 Å². The molecule has 1 aromatic carbocycles. The van der Waals surface area contributed by atoms with Gasteiger partial charge in [0.25, 0.3) is 0 Å². The first-order valence-corrected chi connectivity index (χ1v) is 8.57. The molecule has 0 aromatic heterocycles. The SMILES string of the molecule is CCC(C)NC(=O)N1CCN(C(=O)CCc2cccc(F)c2)CC1. The van der Waals surface area contributed by atoms with Gasteiger partial charge >= 0.3 is 6.03 Å². The maximum absolute atomic E-state index is 13.1. The van der Waals surface area contributed by atoms with E-state index < -0.39 is 0 Å². The van der Waals surface area contributed by atoms with Gasteiger partial charge in [-0.1, -0.05) is 19.1 Å². The Morgan fingerprint density at radius 2 is 1.88 bits per heavy atom. The molecule has 1 aliphatic heterocycles. The van der Waals surface area contributed by atoms with E-state index in [1.807, 2.05) is 19.9 Å². The number of nitrogens with zero attached hydrogens (tertiary/aromatic N) is 2. The number of halogens is 1. The maximum atomic E-state index is 13.1. The standard InChI is InChI=1S/C18H26FN3O2/c1-3-14(2)20-18(24)22-11-9-21(10-12-22)17(23)8-7-15-5-4-6-16(19)13-15/h4-6,13-14H,3,7-12H2,1-2H3,(H,20,24). The van der Waals surface area contributed by atoms with Crippen molar-refractivity contribution < 1.29 is 14.0 Å². The number of urea groups is 1. The summed E-state index contributed by atoms with van der Waals surface area (Å²) in [5, 5.41) is 2.94. The Morgan fingerprint density at radius 3 is 2.50 bits per heavy atom. The first kappa shape index (κ1) is 18.2. The van der Waals surface area contributed by atoms with Crippen molar-refractivity contribution in [3.05, 3.63) is 35.6 Å². The summed E-state index contributed by atoms with van der Waals surface area (Å²) in [4.78, 5) is 27.9. The molecule has 0 bridgehead atoms. The summed E-state index contributed by atoms with van der Waals surface area (Å²) in [5.74, 6) is -0.220. The van der Waals surface area contributed by atoms with Crippen LogP contribution in [0, 0.1) is 5.82 Å². The van der Waals surface area contributed by atoms with Gasteiger partial charge in [0.1, 0.15) is 5.82 Å². The number of rotatable bonds is 5. The van der Waals surface area contributed by atoms with Crippen molar-refractivity contribution in [1.29, 1.82) is 0 Å². The number of carbonyl (C=O) groups is 2. The molecule has 1 atom stereocenters. The van der Waals surface area contributed by atoms with Gasteiger partial charge in [0, 0.05) is 38.6 Å². The Bertz CT molecular complexity index is 571. The van der Waals surface area contributed by atoms with E-state index in [1.165, 1.54) is 12.1 Å². The fourth-order valence-electron chi connectivity index (χ4n) is 2.66. The van der Waals surface area contributed by atoms with E-state index in [0.717, 1.165) is 12.0 Å². The minimum absolute atomic E-state index is 0.0567. The van der Waals surface area contributed by atoms with Gasteiger partial charge in [-0.25, -0.2) is 9.18 Å².